The van der Waals surface area contributed by atoms with Gasteiger partial charge >= 0.3 is 6.18 Å². The minimum absolute atomic E-state index is 0.0896. The predicted octanol–water partition coefficient (Wildman–Crippen LogP) is 4.24. The molecule has 1 aromatic heterocycles. The highest BCUT2D eigenvalue weighted by Gasteiger charge is 2.38. The Morgan fingerprint density at radius 3 is 2.35 bits per heavy atom. The van der Waals surface area contributed by atoms with Crippen LogP contribution in [0.4, 0.5) is 18.9 Å². The van der Waals surface area contributed by atoms with E-state index in [1.165, 1.54) is 21.1 Å². The average molecular weight is 522 g/mol. The number of halogens is 5. The lowest BCUT2D eigenvalue weighted by Gasteiger charge is -2.37. The van der Waals surface area contributed by atoms with Crippen LogP contribution < -0.4 is 9.64 Å². The third kappa shape index (κ3) is 5.35. The van der Waals surface area contributed by atoms with Crippen molar-refractivity contribution in [2.75, 3.05) is 45.3 Å². The van der Waals surface area contributed by atoms with E-state index in [-0.39, 0.29) is 18.1 Å². The van der Waals surface area contributed by atoms with Crippen LogP contribution in [0.2, 0.25) is 10.0 Å². The molecule has 2 aromatic rings. The maximum atomic E-state index is 13.1. The molecule has 0 radical (unpaired) electrons. The first-order valence-corrected chi connectivity index (χ1v) is 11.0. The fraction of sp³-hybridized carbons (Fsp3) is 0.476. The smallest absolute Gasteiger partial charge is 0.436 e. The molecular formula is C21H24Cl2F3N5O3. The van der Waals surface area contributed by atoms with E-state index in [1.807, 2.05) is 0 Å². The van der Waals surface area contributed by atoms with E-state index in [2.05, 4.69) is 15.2 Å². The highest BCUT2D eigenvalue weighted by molar-refractivity contribution is 6.33. The van der Waals surface area contributed by atoms with Crippen molar-refractivity contribution in [1.29, 1.82) is 0 Å². The Morgan fingerprint density at radius 1 is 1.18 bits per heavy atom. The maximum Gasteiger partial charge on any atom is 0.436 e. The van der Waals surface area contributed by atoms with E-state index < -0.39 is 16.9 Å². The zero-order chi connectivity index (χ0) is 25.2. The summed E-state index contributed by atoms with van der Waals surface area (Å²) in [6.45, 7) is 4.55. The number of oxime groups is 1. The Balaban J connectivity index is 1.75. The molecule has 2 heterocycles. The van der Waals surface area contributed by atoms with E-state index in [4.69, 9.17) is 32.8 Å². The van der Waals surface area contributed by atoms with Gasteiger partial charge in [0.05, 0.1) is 28.6 Å². The summed E-state index contributed by atoms with van der Waals surface area (Å²) >= 11 is 12.1. The Kier molecular flexibility index (Phi) is 7.87. The van der Waals surface area contributed by atoms with Gasteiger partial charge in [0.1, 0.15) is 19.4 Å². The van der Waals surface area contributed by atoms with Crippen LogP contribution in [-0.2, 0) is 22.4 Å². The number of carbonyl (C=O) groups is 1. The highest BCUT2D eigenvalue weighted by Crippen LogP contribution is 2.36. The fourth-order valence-corrected chi connectivity index (χ4v) is 4.20. The molecule has 0 saturated carbocycles. The lowest BCUT2D eigenvalue weighted by atomic mass is 10.1. The summed E-state index contributed by atoms with van der Waals surface area (Å²) in [5, 5.41) is 7.43. The van der Waals surface area contributed by atoms with Crippen LogP contribution in [0.1, 0.15) is 23.9 Å². The molecule has 0 unspecified atom stereocenters. The summed E-state index contributed by atoms with van der Waals surface area (Å²) in [7, 11) is 2.97. The first-order valence-electron chi connectivity index (χ1n) is 10.3. The number of carbonyl (C=O) groups excluding carboxylic acids is 1. The Bertz CT molecular complexity index is 1100. The Hall–Kier alpha value is -2.66. The van der Waals surface area contributed by atoms with Gasteiger partial charge in [-0.3, -0.25) is 9.48 Å². The van der Waals surface area contributed by atoms with Gasteiger partial charge in [-0.2, -0.15) is 18.3 Å². The fourth-order valence-electron chi connectivity index (χ4n) is 3.72. The molecule has 1 amide bonds. The molecular weight excluding hydrogens is 498 g/mol. The number of alkyl halides is 3. The summed E-state index contributed by atoms with van der Waals surface area (Å²) in [6, 6.07) is 3.55. The van der Waals surface area contributed by atoms with Crippen LogP contribution in [-0.4, -0.2) is 66.7 Å². The molecule has 1 aliphatic rings. The van der Waals surface area contributed by atoms with Gasteiger partial charge in [0, 0.05) is 43.5 Å². The molecule has 34 heavy (non-hydrogen) atoms. The number of amides is 1. The molecule has 0 bridgehead atoms. The third-order valence-corrected chi connectivity index (χ3v) is 6.30. The van der Waals surface area contributed by atoms with E-state index in [0.717, 1.165) is 15.9 Å². The second-order valence-electron chi connectivity index (χ2n) is 7.63. The van der Waals surface area contributed by atoms with Crippen LogP contribution in [0.25, 0.3) is 0 Å². The molecule has 8 nitrogen and oxygen atoms in total. The number of methoxy groups -OCH3 is 1. The molecule has 1 aliphatic heterocycles. The standard InChI is InChI=1S/C21H24Cl2F3N5O3/c1-12(28-34-4)14-9-15(22)17(33-3)10-16(14)29-5-7-30(8-6-29)18(32)11-31-13(2)19(23)20(27-31)21(24,25)26/h9-10H,5-8,11H2,1-4H3/b28-12+. The molecule has 0 N–H and O–H groups in total. The largest absolute Gasteiger partial charge is 0.495 e. The molecule has 1 saturated heterocycles. The zero-order valence-electron chi connectivity index (χ0n) is 19.0. The Morgan fingerprint density at radius 2 is 1.82 bits per heavy atom. The number of ether oxygens (including phenoxy) is 1. The number of nitrogens with zero attached hydrogens (tertiary/aromatic N) is 5. The molecule has 1 aromatic carbocycles. The topological polar surface area (TPSA) is 72.2 Å². The summed E-state index contributed by atoms with van der Waals surface area (Å²) in [4.78, 5) is 21.3. The van der Waals surface area contributed by atoms with Gasteiger partial charge < -0.3 is 19.4 Å². The molecule has 13 heteroatoms. The number of aromatic nitrogens is 2. The Labute approximate surface area is 204 Å². The quantitative estimate of drug-likeness (QED) is 0.419. The first-order chi connectivity index (χ1) is 16.0. The van der Waals surface area contributed by atoms with E-state index in [0.29, 0.717) is 42.7 Å². The molecule has 1 fully saturated rings. The van der Waals surface area contributed by atoms with Crippen LogP contribution >= 0.6 is 23.2 Å². The van der Waals surface area contributed by atoms with Gasteiger partial charge in [0.25, 0.3) is 0 Å². The van der Waals surface area contributed by atoms with Crippen LogP contribution in [0.5, 0.6) is 5.75 Å². The molecule has 0 atom stereocenters. The predicted molar refractivity (Wildman–Crippen MR) is 123 cm³/mol. The van der Waals surface area contributed by atoms with E-state index in [1.54, 1.807) is 24.0 Å². The van der Waals surface area contributed by atoms with Crippen molar-refractivity contribution in [1.82, 2.24) is 14.7 Å². The summed E-state index contributed by atoms with van der Waals surface area (Å²) in [6.07, 6.45) is -4.69. The van der Waals surface area contributed by atoms with Gasteiger partial charge in [-0.1, -0.05) is 28.4 Å². The van der Waals surface area contributed by atoms with Gasteiger partial charge in [0.15, 0.2) is 5.69 Å². The molecule has 3 rings (SSSR count). The van der Waals surface area contributed by atoms with Crippen molar-refractivity contribution in [3.63, 3.8) is 0 Å². The van der Waals surface area contributed by atoms with Crippen molar-refractivity contribution in [2.24, 2.45) is 5.16 Å². The maximum absolute atomic E-state index is 13.1. The molecule has 186 valence electrons. The van der Waals surface area contributed by atoms with Crippen molar-refractivity contribution in [3.8, 4) is 5.75 Å². The van der Waals surface area contributed by atoms with E-state index >= 15 is 0 Å². The third-order valence-electron chi connectivity index (χ3n) is 5.55. The van der Waals surface area contributed by atoms with Gasteiger partial charge in [-0.25, -0.2) is 0 Å². The van der Waals surface area contributed by atoms with Crippen LogP contribution in [0, 0.1) is 6.92 Å². The van der Waals surface area contributed by atoms with Crippen LogP contribution in [0.3, 0.4) is 0 Å². The second-order valence-corrected chi connectivity index (χ2v) is 8.42. The van der Waals surface area contributed by atoms with Crippen molar-refractivity contribution >= 4 is 40.5 Å². The van der Waals surface area contributed by atoms with E-state index in [9.17, 15) is 18.0 Å². The highest BCUT2D eigenvalue weighted by atomic mass is 35.5. The van der Waals surface area contributed by atoms with Crippen molar-refractivity contribution in [3.05, 3.63) is 39.1 Å². The lowest BCUT2D eigenvalue weighted by molar-refractivity contribution is -0.142. The average Bonchev–Trinajstić information content (AvgIpc) is 3.08. The number of benzene rings is 1. The summed E-state index contributed by atoms with van der Waals surface area (Å²) in [5.41, 5.74) is 1.09. The number of rotatable bonds is 6. The summed E-state index contributed by atoms with van der Waals surface area (Å²) < 4.78 is 45.5. The minimum Gasteiger partial charge on any atom is -0.495 e. The minimum atomic E-state index is -4.69. The number of hydrogen-bond acceptors (Lipinski definition) is 6. The van der Waals surface area contributed by atoms with Gasteiger partial charge in [-0.05, 0) is 19.9 Å². The summed E-state index contributed by atoms with van der Waals surface area (Å²) in [5.74, 6) is 0.150. The normalized spacial score (nSPS) is 15.0. The zero-order valence-corrected chi connectivity index (χ0v) is 20.6. The van der Waals surface area contributed by atoms with Crippen molar-refractivity contribution < 1.29 is 27.5 Å². The number of hydrogen-bond donors (Lipinski definition) is 0. The monoisotopic (exact) mass is 521 g/mol. The van der Waals surface area contributed by atoms with Gasteiger partial charge in [-0.15, -0.1) is 0 Å². The first kappa shape index (κ1) is 26.0. The van der Waals surface area contributed by atoms with Crippen molar-refractivity contribution in [2.45, 2.75) is 26.6 Å². The lowest BCUT2D eigenvalue weighted by Crippen LogP contribution is -2.50. The number of anilines is 1. The van der Waals surface area contributed by atoms with Crippen LogP contribution in [0.15, 0.2) is 17.3 Å². The second kappa shape index (κ2) is 10.3. The molecule has 0 aliphatic carbocycles. The van der Waals surface area contributed by atoms with Gasteiger partial charge in [0.2, 0.25) is 5.91 Å². The molecule has 0 spiro atoms. The number of piperazine rings is 1. The SMILES string of the molecule is CO/N=C(\C)c1cc(Cl)c(OC)cc1N1CCN(C(=O)Cn2nc(C(F)(F)F)c(Cl)c2C)CC1.